The molecule has 1 heterocycles. The number of aryl methyl sites for hydroxylation is 1. The van der Waals surface area contributed by atoms with Crippen LogP contribution in [0.2, 0.25) is 0 Å². The van der Waals surface area contributed by atoms with Crippen molar-refractivity contribution in [2.45, 2.75) is 32.2 Å². The van der Waals surface area contributed by atoms with Gasteiger partial charge >= 0.3 is 5.97 Å². The third-order valence-corrected chi connectivity index (χ3v) is 3.60. The van der Waals surface area contributed by atoms with Crippen LogP contribution in [0.4, 0.5) is 5.69 Å². The lowest BCUT2D eigenvalue weighted by molar-refractivity contribution is -0.142. The summed E-state index contributed by atoms with van der Waals surface area (Å²) in [7, 11) is 0. The minimum atomic E-state index is -0.874. The molecule has 0 radical (unpaired) electrons. The van der Waals surface area contributed by atoms with E-state index in [0.29, 0.717) is 19.3 Å². The first-order valence-electron chi connectivity index (χ1n) is 6.44. The number of nitrogens with one attached hydrogen (secondary N) is 1. The summed E-state index contributed by atoms with van der Waals surface area (Å²) in [6, 6.07) is 4.98. The second-order valence-electron chi connectivity index (χ2n) is 4.84. The van der Waals surface area contributed by atoms with Gasteiger partial charge < -0.3 is 16.2 Å². The molecular formula is C14H18N2O3. The number of benzene rings is 1. The molecule has 0 saturated heterocycles. The van der Waals surface area contributed by atoms with E-state index < -0.39 is 17.9 Å². The molecule has 19 heavy (non-hydrogen) atoms. The van der Waals surface area contributed by atoms with Crippen LogP contribution in [-0.4, -0.2) is 17.0 Å². The van der Waals surface area contributed by atoms with Gasteiger partial charge in [0, 0.05) is 18.2 Å². The number of carbonyl (C=O) groups is 2. The summed E-state index contributed by atoms with van der Waals surface area (Å²) in [5.41, 5.74) is 8.67. The topological polar surface area (TPSA) is 92.4 Å². The number of rotatable bonds is 4. The van der Waals surface area contributed by atoms with Gasteiger partial charge in [0.25, 0.3) is 0 Å². The van der Waals surface area contributed by atoms with E-state index in [1.165, 1.54) is 0 Å². The number of hydrogen-bond acceptors (Lipinski definition) is 3. The minimum Gasteiger partial charge on any atom is -0.481 e. The van der Waals surface area contributed by atoms with Gasteiger partial charge in [0.2, 0.25) is 5.91 Å². The Morgan fingerprint density at radius 1 is 1.47 bits per heavy atom. The first-order chi connectivity index (χ1) is 9.02. The molecule has 1 amide bonds. The summed E-state index contributed by atoms with van der Waals surface area (Å²) in [6.07, 6.45) is 1.62. The van der Waals surface area contributed by atoms with Crippen molar-refractivity contribution in [3.63, 3.8) is 0 Å². The molecule has 0 saturated carbocycles. The Morgan fingerprint density at radius 2 is 2.21 bits per heavy atom. The first kappa shape index (κ1) is 13.5. The van der Waals surface area contributed by atoms with Crippen LogP contribution in [-0.2, 0) is 16.0 Å². The molecule has 5 nitrogen and oxygen atoms in total. The lowest BCUT2D eigenvalue weighted by Crippen LogP contribution is -2.28. The average molecular weight is 262 g/mol. The number of carboxylic acids is 1. The SMILES string of the molecule is CCC(C(=O)O)C(N)c1ccc2c(c1)CCC(=O)N2. The fraction of sp³-hybridized carbons (Fsp3) is 0.429. The Bertz CT molecular complexity index is 513. The Balaban J connectivity index is 2.26. The molecule has 5 heteroatoms. The van der Waals surface area contributed by atoms with Gasteiger partial charge in [0.15, 0.2) is 0 Å². The standard InChI is InChI=1S/C14H18N2O3/c1-2-10(14(18)19)13(15)9-3-5-11-8(7-9)4-6-12(17)16-11/h3,5,7,10,13H,2,4,6,15H2,1H3,(H,16,17)(H,18,19). The van der Waals surface area contributed by atoms with E-state index in [1.807, 2.05) is 13.0 Å². The number of carboxylic acid groups (broad SMARTS) is 1. The van der Waals surface area contributed by atoms with Crippen molar-refractivity contribution >= 4 is 17.6 Å². The first-order valence-corrected chi connectivity index (χ1v) is 6.44. The Morgan fingerprint density at radius 3 is 2.84 bits per heavy atom. The maximum absolute atomic E-state index is 11.3. The maximum atomic E-state index is 11.3. The summed E-state index contributed by atoms with van der Waals surface area (Å²) < 4.78 is 0. The predicted molar refractivity (Wildman–Crippen MR) is 71.7 cm³/mol. The van der Waals surface area contributed by atoms with Crippen molar-refractivity contribution in [3.8, 4) is 0 Å². The predicted octanol–water partition coefficient (Wildman–Crippen LogP) is 1.68. The molecule has 102 valence electrons. The molecule has 1 aliphatic heterocycles. The average Bonchev–Trinajstić information content (AvgIpc) is 2.38. The van der Waals surface area contributed by atoms with Crippen LogP contribution >= 0.6 is 0 Å². The quantitative estimate of drug-likeness (QED) is 0.769. The van der Waals surface area contributed by atoms with E-state index in [4.69, 9.17) is 10.8 Å². The fourth-order valence-electron chi connectivity index (χ4n) is 2.43. The molecule has 0 bridgehead atoms. The van der Waals surface area contributed by atoms with Crippen molar-refractivity contribution in [3.05, 3.63) is 29.3 Å². The van der Waals surface area contributed by atoms with Gasteiger partial charge in [-0.2, -0.15) is 0 Å². The normalized spacial score (nSPS) is 17.3. The van der Waals surface area contributed by atoms with Crippen LogP contribution in [0.3, 0.4) is 0 Å². The number of anilines is 1. The molecule has 0 spiro atoms. The van der Waals surface area contributed by atoms with E-state index in [-0.39, 0.29) is 5.91 Å². The lowest BCUT2D eigenvalue weighted by Gasteiger charge is -2.22. The summed E-state index contributed by atoms with van der Waals surface area (Å²) in [5, 5.41) is 11.9. The second kappa shape index (κ2) is 5.40. The van der Waals surface area contributed by atoms with Crippen molar-refractivity contribution < 1.29 is 14.7 Å². The highest BCUT2D eigenvalue weighted by Crippen LogP contribution is 2.29. The van der Waals surface area contributed by atoms with Gasteiger partial charge in [0.1, 0.15) is 0 Å². The number of nitrogens with two attached hydrogens (primary N) is 1. The number of aliphatic carboxylic acids is 1. The van der Waals surface area contributed by atoms with Crippen molar-refractivity contribution in [2.75, 3.05) is 5.32 Å². The van der Waals surface area contributed by atoms with E-state index in [2.05, 4.69) is 5.32 Å². The maximum Gasteiger partial charge on any atom is 0.308 e. The third-order valence-electron chi connectivity index (χ3n) is 3.60. The van der Waals surface area contributed by atoms with E-state index in [0.717, 1.165) is 16.8 Å². The Hall–Kier alpha value is -1.88. The molecular weight excluding hydrogens is 244 g/mol. The van der Waals surface area contributed by atoms with Gasteiger partial charge in [-0.05, 0) is 30.0 Å². The molecule has 2 rings (SSSR count). The highest BCUT2D eigenvalue weighted by Gasteiger charge is 2.25. The highest BCUT2D eigenvalue weighted by atomic mass is 16.4. The monoisotopic (exact) mass is 262 g/mol. The summed E-state index contributed by atoms with van der Waals surface area (Å²) in [6.45, 7) is 1.82. The number of amides is 1. The zero-order valence-corrected chi connectivity index (χ0v) is 10.8. The van der Waals surface area contributed by atoms with E-state index >= 15 is 0 Å². The van der Waals surface area contributed by atoms with Crippen molar-refractivity contribution in [1.82, 2.24) is 0 Å². The van der Waals surface area contributed by atoms with Crippen LogP contribution in [0.5, 0.6) is 0 Å². The number of hydrogen-bond donors (Lipinski definition) is 3. The van der Waals surface area contributed by atoms with Crippen molar-refractivity contribution in [2.24, 2.45) is 11.7 Å². The number of fused-ring (bicyclic) bond motifs is 1. The summed E-state index contributed by atoms with van der Waals surface area (Å²) in [5.74, 6) is -1.45. The lowest BCUT2D eigenvalue weighted by atomic mass is 9.89. The summed E-state index contributed by atoms with van der Waals surface area (Å²) >= 11 is 0. The van der Waals surface area contributed by atoms with Crippen LogP contribution in [0.15, 0.2) is 18.2 Å². The Labute approximate surface area is 111 Å². The van der Waals surface area contributed by atoms with Crippen LogP contribution in [0, 0.1) is 5.92 Å². The summed E-state index contributed by atoms with van der Waals surface area (Å²) in [4.78, 5) is 22.4. The second-order valence-corrected chi connectivity index (χ2v) is 4.84. The molecule has 4 N–H and O–H groups in total. The molecule has 1 aromatic rings. The smallest absolute Gasteiger partial charge is 0.308 e. The fourth-order valence-corrected chi connectivity index (χ4v) is 2.43. The Kier molecular flexibility index (Phi) is 3.85. The molecule has 1 aliphatic rings. The molecule has 0 aromatic heterocycles. The van der Waals surface area contributed by atoms with Crippen LogP contribution in [0.1, 0.15) is 36.9 Å². The molecule has 2 atom stereocenters. The van der Waals surface area contributed by atoms with Crippen LogP contribution in [0.25, 0.3) is 0 Å². The van der Waals surface area contributed by atoms with E-state index in [9.17, 15) is 9.59 Å². The van der Waals surface area contributed by atoms with Gasteiger partial charge in [-0.1, -0.05) is 19.1 Å². The molecule has 2 unspecified atom stereocenters. The number of carbonyl (C=O) groups excluding carboxylic acids is 1. The molecule has 1 aromatic carbocycles. The van der Waals surface area contributed by atoms with Gasteiger partial charge in [-0.3, -0.25) is 9.59 Å². The zero-order chi connectivity index (χ0) is 14.0. The van der Waals surface area contributed by atoms with E-state index in [1.54, 1.807) is 12.1 Å². The van der Waals surface area contributed by atoms with Gasteiger partial charge in [-0.15, -0.1) is 0 Å². The largest absolute Gasteiger partial charge is 0.481 e. The molecule has 0 fully saturated rings. The zero-order valence-electron chi connectivity index (χ0n) is 10.8. The van der Waals surface area contributed by atoms with Crippen LogP contribution < -0.4 is 11.1 Å². The molecule has 0 aliphatic carbocycles. The van der Waals surface area contributed by atoms with Gasteiger partial charge in [-0.25, -0.2) is 0 Å². The van der Waals surface area contributed by atoms with Gasteiger partial charge in [0.05, 0.1) is 5.92 Å². The minimum absolute atomic E-state index is 0.0153. The van der Waals surface area contributed by atoms with Crippen molar-refractivity contribution in [1.29, 1.82) is 0 Å². The third kappa shape index (κ3) is 2.76. The highest BCUT2D eigenvalue weighted by molar-refractivity contribution is 5.93.